The van der Waals surface area contributed by atoms with Crippen LogP contribution in [-0.2, 0) is 14.3 Å². The van der Waals surface area contributed by atoms with Gasteiger partial charge in [-0.05, 0) is 88.6 Å². The molecule has 1 saturated carbocycles. The maximum atomic E-state index is 14.1. The summed E-state index contributed by atoms with van der Waals surface area (Å²) in [6, 6.07) is 6.57. The lowest BCUT2D eigenvalue weighted by atomic mass is 9.80. The molecule has 1 amide bonds. The quantitative estimate of drug-likeness (QED) is 0.303. The summed E-state index contributed by atoms with van der Waals surface area (Å²) in [5, 5.41) is 3.19. The molecule has 1 aliphatic carbocycles. The van der Waals surface area contributed by atoms with E-state index in [4.69, 9.17) is 9.47 Å². The lowest BCUT2D eigenvalue weighted by molar-refractivity contribution is -0.136. The first-order valence-electron chi connectivity index (χ1n) is 14.1. The highest BCUT2D eigenvalue weighted by Crippen LogP contribution is 2.39. The van der Waals surface area contributed by atoms with E-state index in [0.29, 0.717) is 58.7 Å². The van der Waals surface area contributed by atoms with Crippen LogP contribution in [0.5, 0.6) is 0 Å². The van der Waals surface area contributed by atoms with Gasteiger partial charge in [0.15, 0.2) is 0 Å². The van der Waals surface area contributed by atoms with Crippen molar-refractivity contribution in [3.63, 3.8) is 0 Å². The number of piperidine rings is 1. The number of halogens is 3. The third-order valence-electron chi connectivity index (χ3n) is 7.81. The van der Waals surface area contributed by atoms with E-state index < -0.39 is 5.92 Å². The zero-order valence-corrected chi connectivity index (χ0v) is 22.5. The SMILES string of the molecule is CCOCCCO[C@@H](c1cccc(F)c1)[C@@H]1CCCN(C(=O)C[C@H](CNC)CC2CCC(F)(F)CC2)C1. The predicted octanol–water partition coefficient (Wildman–Crippen LogP) is 5.99. The molecule has 0 aromatic heterocycles. The Balaban J connectivity index is 1.60. The van der Waals surface area contributed by atoms with Gasteiger partial charge in [-0.25, -0.2) is 13.2 Å². The van der Waals surface area contributed by atoms with Gasteiger partial charge in [-0.1, -0.05) is 12.1 Å². The van der Waals surface area contributed by atoms with Crippen LogP contribution in [0.2, 0.25) is 0 Å². The minimum absolute atomic E-state index is 0.0439. The zero-order chi connectivity index (χ0) is 26.7. The minimum Gasteiger partial charge on any atom is -0.382 e. The molecule has 1 saturated heterocycles. The van der Waals surface area contributed by atoms with E-state index in [-0.39, 0.29) is 48.4 Å². The average Bonchev–Trinajstić information content (AvgIpc) is 2.87. The van der Waals surface area contributed by atoms with E-state index in [0.717, 1.165) is 31.2 Å². The zero-order valence-electron chi connectivity index (χ0n) is 22.5. The number of likely N-dealkylation sites (tertiary alicyclic amines) is 1. The summed E-state index contributed by atoms with van der Waals surface area (Å²) >= 11 is 0. The third-order valence-corrected chi connectivity index (χ3v) is 7.81. The number of rotatable bonds is 14. The molecule has 3 rings (SSSR count). The molecule has 37 heavy (non-hydrogen) atoms. The topological polar surface area (TPSA) is 50.8 Å². The van der Waals surface area contributed by atoms with Crippen LogP contribution in [0, 0.1) is 23.6 Å². The lowest BCUT2D eigenvalue weighted by Crippen LogP contribution is -2.43. The van der Waals surface area contributed by atoms with E-state index in [1.54, 1.807) is 6.07 Å². The number of carbonyl (C=O) groups excluding carboxylic acids is 1. The molecule has 5 nitrogen and oxygen atoms in total. The van der Waals surface area contributed by atoms with Crippen molar-refractivity contribution in [3.05, 3.63) is 35.6 Å². The number of nitrogens with zero attached hydrogens (tertiary/aromatic N) is 1. The van der Waals surface area contributed by atoms with Crippen LogP contribution in [0.1, 0.15) is 76.4 Å². The summed E-state index contributed by atoms with van der Waals surface area (Å²) in [5.74, 6) is -2.25. The Morgan fingerprint density at radius 1 is 1.22 bits per heavy atom. The second-order valence-corrected chi connectivity index (χ2v) is 10.8. The molecule has 0 bridgehead atoms. The van der Waals surface area contributed by atoms with E-state index in [1.807, 2.05) is 24.9 Å². The van der Waals surface area contributed by atoms with Gasteiger partial charge in [-0.15, -0.1) is 0 Å². The second kappa shape index (κ2) is 15.1. The first-order valence-corrected chi connectivity index (χ1v) is 14.1. The van der Waals surface area contributed by atoms with Gasteiger partial charge < -0.3 is 19.7 Å². The molecule has 8 heteroatoms. The van der Waals surface area contributed by atoms with Crippen LogP contribution in [0.4, 0.5) is 13.2 Å². The smallest absolute Gasteiger partial charge is 0.248 e. The van der Waals surface area contributed by atoms with E-state index in [1.165, 1.54) is 12.1 Å². The molecular weight excluding hydrogens is 481 g/mol. The van der Waals surface area contributed by atoms with Gasteiger partial charge in [0.1, 0.15) is 5.82 Å². The van der Waals surface area contributed by atoms with Crippen LogP contribution in [0.25, 0.3) is 0 Å². The van der Waals surface area contributed by atoms with Crippen molar-refractivity contribution in [2.75, 3.05) is 46.5 Å². The van der Waals surface area contributed by atoms with Crippen molar-refractivity contribution < 1.29 is 27.4 Å². The lowest BCUT2D eigenvalue weighted by Gasteiger charge is -2.38. The molecule has 1 heterocycles. The highest BCUT2D eigenvalue weighted by Gasteiger charge is 2.36. The second-order valence-electron chi connectivity index (χ2n) is 10.8. The summed E-state index contributed by atoms with van der Waals surface area (Å²) < 4.78 is 52.9. The van der Waals surface area contributed by atoms with Crippen LogP contribution in [0.15, 0.2) is 24.3 Å². The van der Waals surface area contributed by atoms with Crippen molar-refractivity contribution in [2.45, 2.75) is 76.7 Å². The van der Waals surface area contributed by atoms with E-state index in [2.05, 4.69) is 5.32 Å². The number of amides is 1. The van der Waals surface area contributed by atoms with Crippen LogP contribution in [0.3, 0.4) is 0 Å². The molecular formula is C29H45F3N2O3. The van der Waals surface area contributed by atoms with Gasteiger partial charge in [0.25, 0.3) is 0 Å². The maximum Gasteiger partial charge on any atom is 0.248 e. The summed E-state index contributed by atoms with van der Waals surface area (Å²) in [6.45, 7) is 5.73. The Bertz CT molecular complexity index is 815. The molecule has 1 aromatic rings. The predicted molar refractivity (Wildman–Crippen MR) is 139 cm³/mol. The molecule has 0 spiro atoms. The molecule has 1 aromatic carbocycles. The van der Waals surface area contributed by atoms with Gasteiger partial charge in [0.05, 0.1) is 6.10 Å². The highest BCUT2D eigenvalue weighted by atomic mass is 19.3. The van der Waals surface area contributed by atoms with Crippen LogP contribution >= 0.6 is 0 Å². The molecule has 1 N–H and O–H groups in total. The van der Waals surface area contributed by atoms with Gasteiger partial charge >= 0.3 is 0 Å². The first-order chi connectivity index (χ1) is 17.8. The van der Waals surface area contributed by atoms with Crippen molar-refractivity contribution >= 4 is 5.91 Å². The van der Waals surface area contributed by atoms with Crippen molar-refractivity contribution in [3.8, 4) is 0 Å². The number of hydrogen-bond acceptors (Lipinski definition) is 4. The summed E-state index contributed by atoms with van der Waals surface area (Å²) in [4.78, 5) is 15.3. The van der Waals surface area contributed by atoms with E-state index in [9.17, 15) is 18.0 Å². The fourth-order valence-electron chi connectivity index (χ4n) is 5.90. The summed E-state index contributed by atoms with van der Waals surface area (Å²) in [7, 11) is 1.87. The van der Waals surface area contributed by atoms with Crippen LogP contribution < -0.4 is 5.32 Å². The van der Waals surface area contributed by atoms with Gasteiger partial charge in [0, 0.05) is 58.1 Å². The summed E-state index contributed by atoms with van der Waals surface area (Å²) in [6.07, 6.45) is 4.45. The Morgan fingerprint density at radius 3 is 2.70 bits per heavy atom. The fraction of sp³-hybridized carbons (Fsp3) is 0.759. The molecule has 0 unspecified atom stereocenters. The molecule has 210 valence electrons. The van der Waals surface area contributed by atoms with Crippen molar-refractivity contribution in [1.82, 2.24) is 10.2 Å². The molecule has 1 aliphatic heterocycles. The number of carbonyl (C=O) groups is 1. The van der Waals surface area contributed by atoms with Gasteiger partial charge in [-0.2, -0.15) is 0 Å². The Labute approximate surface area is 220 Å². The molecule has 3 atom stereocenters. The number of ether oxygens (including phenoxy) is 2. The van der Waals surface area contributed by atoms with Crippen molar-refractivity contribution in [1.29, 1.82) is 0 Å². The monoisotopic (exact) mass is 526 g/mol. The first kappa shape index (κ1) is 29.9. The van der Waals surface area contributed by atoms with Gasteiger partial charge in [-0.3, -0.25) is 4.79 Å². The third kappa shape index (κ3) is 9.88. The van der Waals surface area contributed by atoms with Gasteiger partial charge in [0.2, 0.25) is 11.8 Å². The Morgan fingerprint density at radius 2 is 2.00 bits per heavy atom. The molecule has 0 radical (unpaired) electrons. The number of benzene rings is 1. The molecule has 2 aliphatic rings. The standard InChI is InChI=1S/C29H45F3N2O3/c1-3-36-15-6-16-37-28(24-7-4-9-26(30)19-24)25-8-5-14-34(21-25)27(35)18-23(20-33-2)17-22-10-12-29(31,32)13-11-22/h4,7,9,19,22-23,25,28,33H,3,5-6,8,10-18,20-21H2,1-2H3/t23-,25-,28+/m1/s1. The Hall–Kier alpha value is -1.64. The Kier molecular flexibility index (Phi) is 12.2. The highest BCUT2D eigenvalue weighted by molar-refractivity contribution is 5.76. The summed E-state index contributed by atoms with van der Waals surface area (Å²) in [5.41, 5.74) is 0.804. The fourth-order valence-corrected chi connectivity index (χ4v) is 5.90. The normalized spacial score (nSPS) is 22.1. The number of alkyl halides is 2. The largest absolute Gasteiger partial charge is 0.382 e. The number of hydrogen-bond donors (Lipinski definition) is 1. The maximum absolute atomic E-state index is 14.1. The average molecular weight is 527 g/mol. The molecule has 2 fully saturated rings. The van der Waals surface area contributed by atoms with E-state index >= 15 is 0 Å². The number of nitrogens with one attached hydrogen (secondary N) is 1. The van der Waals surface area contributed by atoms with Crippen molar-refractivity contribution in [2.24, 2.45) is 17.8 Å². The van der Waals surface area contributed by atoms with Crippen LogP contribution in [-0.4, -0.2) is 63.2 Å². The minimum atomic E-state index is -2.53.